The fourth-order valence-electron chi connectivity index (χ4n) is 4.76. The highest BCUT2D eigenvalue weighted by Crippen LogP contribution is 2.40. The van der Waals surface area contributed by atoms with Crippen molar-refractivity contribution in [2.75, 3.05) is 5.32 Å². The van der Waals surface area contributed by atoms with E-state index in [1.807, 2.05) is 19.2 Å². The zero-order valence-corrected chi connectivity index (χ0v) is 19.9. The molecule has 3 heterocycles. The molecule has 1 aliphatic heterocycles. The Balaban J connectivity index is 1.24. The average molecular weight is 456 g/mol. The van der Waals surface area contributed by atoms with Gasteiger partial charge >= 0.3 is 0 Å². The van der Waals surface area contributed by atoms with E-state index in [4.69, 9.17) is 9.97 Å². The van der Waals surface area contributed by atoms with Gasteiger partial charge in [-0.3, -0.25) is 5.32 Å². The lowest BCUT2D eigenvalue weighted by molar-refractivity contribution is 0.124. The minimum atomic E-state index is -0.644. The quantitative estimate of drug-likeness (QED) is 0.412. The van der Waals surface area contributed by atoms with Crippen LogP contribution in [0.1, 0.15) is 61.5 Å². The zero-order valence-electron chi connectivity index (χ0n) is 19.9. The Hall–Kier alpha value is -3.49. The van der Waals surface area contributed by atoms with Crippen LogP contribution in [0.15, 0.2) is 48.7 Å². The molecule has 1 unspecified atom stereocenters. The largest absolute Gasteiger partial charge is 0.374 e. The van der Waals surface area contributed by atoms with Gasteiger partial charge in [-0.05, 0) is 75.6 Å². The summed E-state index contributed by atoms with van der Waals surface area (Å²) in [6.07, 6.45) is 4.02. The summed E-state index contributed by atoms with van der Waals surface area (Å²) in [5.74, 6) is 2.97. The van der Waals surface area contributed by atoms with Crippen molar-refractivity contribution in [2.45, 2.75) is 51.3 Å². The van der Waals surface area contributed by atoms with Crippen molar-refractivity contribution < 1.29 is 5.11 Å². The number of aliphatic hydroxyl groups is 1. The minimum absolute atomic E-state index is 0.299. The van der Waals surface area contributed by atoms with E-state index < -0.39 is 6.23 Å². The van der Waals surface area contributed by atoms with Crippen molar-refractivity contribution >= 4 is 11.6 Å². The number of benzene rings is 2. The normalized spacial score (nSPS) is 18.8. The highest BCUT2D eigenvalue weighted by atomic mass is 16.3. The Bertz CT molecular complexity index is 1380. The number of hydrogen-bond acceptors (Lipinski definition) is 6. The molecule has 8 heteroatoms. The van der Waals surface area contributed by atoms with Crippen LogP contribution in [0.3, 0.4) is 0 Å². The van der Waals surface area contributed by atoms with Gasteiger partial charge < -0.3 is 15.0 Å². The third-order valence-electron chi connectivity index (χ3n) is 6.84. The maximum Gasteiger partial charge on any atom is 0.225 e. The first-order valence-electron chi connectivity index (χ1n) is 11.7. The molecule has 2 aromatic heterocycles. The predicted octanol–water partition coefficient (Wildman–Crippen LogP) is 4.43. The Kier molecular flexibility index (Phi) is 4.65. The number of aliphatic hydroxyl groups excluding tert-OH is 1. The van der Waals surface area contributed by atoms with E-state index in [2.05, 4.69) is 77.6 Å². The number of aryl methyl sites for hydroxylation is 2. The Labute approximate surface area is 198 Å². The van der Waals surface area contributed by atoms with Crippen LogP contribution in [0.5, 0.6) is 0 Å². The SMILES string of the molecule is Cc1nc(C2CC2)cn1-c1ccc(-c2nc(Nc3ccc4c(c3)C(C)(C)NC4O)n(C)n2)cc1. The minimum Gasteiger partial charge on any atom is -0.374 e. The maximum absolute atomic E-state index is 10.2. The van der Waals surface area contributed by atoms with Gasteiger partial charge in [-0.1, -0.05) is 6.07 Å². The molecule has 4 aromatic rings. The lowest BCUT2D eigenvalue weighted by Gasteiger charge is -2.20. The van der Waals surface area contributed by atoms with Gasteiger partial charge in [-0.15, -0.1) is 5.10 Å². The van der Waals surface area contributed by atoms with Crippen LogP contribution >= 0.6 is 0 Å². The van der Waals surface area contributed by atoms with E-state index in [-0.39, 0.29) is 5.54 Å². The van der Waals surface area contributed by atoms with E-state index in [1.54, 1.807) is 4.68 Å². The fourth-order valence-corrected chi connectivity index (χ4v) is 4.76. The first-order valence-corrected chi connectivity index (χ1v) is 11.7. The van der Waals surface area contributed by atoms with Crippen molar-refractivity contribution in [1.29, 1.82) is 0 Å². The van der Waals surface area contributed by atoms with E-state index in [0.29, 0.717) is 17.7 Å². The van der Waals surface area contributed by atoms with Crippen LogP contribution in [0.25, 0.3) is 17.1 Å². The molecule has 1 atom stereocenters. The molecule has 174 valence electrons. The number of aromatic nitrogens is 5. The molecule has 0 saturated heterocycles. The molecule has 34 heavy (non-hydrogen) atoms. The Morgan fingerprint density at radius 3 is 2.59 bits per heavy atom. The molecule has 2 aliphatic rings. The second-order valence-corrected chi connectivity index (χ2v) is 9.89. The van der Waals surface area contributed by atoms with Gasteiger partial charge in [0.2, 0.25) is 5.95 Å². The molecule has 0 bridgehead atoms. The number of nitrogens with zero attached hydrogens (tertiary/aromatic N) is 5. The number of imidazole rings is 1. The van der Waals surface area contributed by atoms with Gasteiger partial charge in [0, 0.05) is 47.2 Å². The molecular formula is C26H29N7O. The van der Waals surface area contributed by atoms with E-state index in [0.717, 1.165) is 33.9 Å². The van der Waals surface area contributed by atoms with Crippen molar-refractivity contribution in [2.24, 2.45) is 7.05 Å². The lowest BCUT2D eigenvalue weighted by atomic mass is 9.94. The van der Waals surface area contributed by atoms with Gasteiger partial charge in [0.25, 0.3) is 0 Å². The summed E-state index contributed by atoms with van der Waals surface area (Å²) in [5, 5.41) is 21.4. The summed E-state index contributed by atoms with van der Waals surface area (Å²) in [5.41, 5.74) is 5.83. The zero-order chi connectivity index (χ0) is 23.6. The van der Waals surface area contributed by atoms with Crippen molar-refractivity contribution in [3.05, 3.63) is 71.3 Å². The Morgan fingerprint density at radius 1 is 1.09 bits per heavy atom. The molecule has 1 saturated carbocycles. The van der Waals surface area contributed by atoms with Gasteiger partial charge in [-0.2, -0.15) is 4.98 Å². The molecular weight excluding hydrogens is 426 g/mol. The van der Waals surface area contributed by atoms with Crippen LogP contribution in [0.2, 0.25) is 0 Å². The summed E-state index contributed by atoms with van der Waals surface area (Å²) < 4.78 is 3.90. The average Bonchev–Trinajstić information content (AvgIpc) is 3.43. The molecule has 2 aromatic carbocycles. The first-order chi connectivity index (χ1) is 16.3. The predicted molar refractivity (Wildman–Crippen MR) is 131 cm³/mol. The van der Waals surface area contributed by atoms with Crippen molar-refractivity contribution in [3.63, 3.8) is 0 Å². The molecule has 8 nitrogen and oxygen atoms in total. The van der Waals surface area contributed by atoms with Gasteiger partial charge in [-0.25, -0.2) is 9.67 Å². The highest BCUT2D eigenvalue weighted by molar-refractivity contribution is 5.62. The van der Waals surface area contributed by atoms with Gasteiger partial charge in [0.05, 0.1) is 5.69 Å². The fraction of sp³-hybridized carbons (Fsp3) is 0.346. The van der Waals surface area contributed by atoms with Crippen LogP contribution in [0.4, 0.5) is 11.6 Å². The van der Waals surface area contributed by atoms with Crippen LogP contribution in [-0.2, 0) is 12.6 Å². The lowest BCUT2D eigenvalue weighted by Crippen LogP contribution is -2.31. The third kappa shape index (κ3) is 3.59. The summed E-state index contributed by atoms with van der Waals surface area (Å²) in [6, 6.07) is 14.2. The highest BCUT2D eigenvalue weighted by Gasteiger charge is 2.35. The third-order valence-corrected chi connectivity index (χ3v) is 6.84. The summed E-state index contributed by atoms with van der Waals surface area (Å²) in [7, 11) is 1.88. The van der Waals surface area contributed by atoms with Crippen molar-refractivity contribution in [1.82, 2.24) is 29.6 Å². The number of rotatable bonds is 5. The molecule has 0 amide bonds. The van der Waals surface area contributed by atoms with E-state index >= 15 is 0 Å². The molecule has 6 rings (SSSR count). The first kappa shape index (κ1) is 21.1. The monoisotopic (exact) mass is 455 g/mol. The standard InChI is InChI=1S/C26H29N7O/c1-15-27-22(16-5-6-16)14-33(15)19-10-7-17(8-11-19)23-29-25(32(4)31-23)28-18-9-12-20-21(13-18)26(2,3)30-24(20)34/h7-14,16,24,30,34H,5-6H2,1-4H3,(H,28,29,31). The molecule has 0 spiro atoms. The van der Waals surface area contributed by atoms with Crippen LogP contribution in [-0.4, -0.2) is 29.4 Å². The Morgan fingerprint density at radius 2 is 1.85 bits per heavy atom. The van der Waals surface area contributed by atoms with E-state index in [9.17, 15) is 5.11 Å². The molecule has 3 N–H and O–H groups in total. The maximum atomic E-state index is 10.2. The van der Waals surface area contributed by atoms with Crippen LogP contribution < -0.4 is 10.6 Å². The second kappa shape index (κ2) is 7.51. The number of anilines is 2. The van der Waals surface area contributed by atoms with Crippen molar-refractivity contribution in [3.8, 4) is 17.1 Å². The topological polar surface area (TPSA) is 92.8 Å². The molecule has 0 radical (unpaired) electrons. The van der Waals surface area contributed by atoms with E-state index in [1.165, 1.54) is 18.5 Å². The number of nitrogens with one attached hydrogen (secondary N) is 2. The smallest absolute Gasteiger partial charge is 0.225 e. The van der Waals surface area contributed by atoms with Gasteiger partial charge in [0.15, 0.2) is 5.82 Å². The molecule has 1 aliphatic carbocycles. The van der Waals surface area contributed by atoms with Gasteiger partial charge in [0.1, 0.15) is 12.1 Å². The summed E-state index contributed by atoms with van der Waals surface area (Å²) in [6.45, 7) is 6.18. The van der Waals surface area contributed by atoms with Crippen LogP contribution in [0, 0.1) is 6.92 Å². The number of hydrogen-bond donors (Lipinski definition) is 3. The second-order valence-electron chi connectivity index (χ2n) is 9.89. The molecule has 1 fully saturated rings. The number of fused-ring (bicyclic) bond motifs is 1. The summed E-state index contributed by atoms with van der Waals surface area (Å²) >= 11 is 0. The summed E-state index contributed by atoms with van der Waals surface area (Å²) in [4.78, 5) is 9.46.